The minimum Gasteiger partial charge on any atom is -0.550 e. The van der Waals surface area contributed by atoms with Crippen LogP contribution in [-0.4, -0.2) is 17.3 Å². The summed E-state index contributed by atoms with van der Waals surface area (Å²) in [5.74, 6) is -1.07. The number of allylic oxidation sites excluding steroid dienone is 10. The second-order valence-electron chi connectivity index (χ2n) is 5.60. The van der Waals surface area contributed by atoms with Crippen LogP contribution in [0.4, 0.5) is 0 Å². The van der Waals surface area contributed by atoms with Crippen molar-refractivity contribution in [3.05, 3.63) is 72.9 Å². The summed E-state index contributed by atoms with van der Waals surface area (Å²) in [5.41, 5.74) is 0. The lowest BCUT2D eigenvalue weighted by Crippen LogP contribution is -2.21. The molecule has 4 nitrogen and oxygen atoms in total. The Hall–Kier alpha value is -2.17. The molecular formula is C22H31O4-. The van der Waals surface area contributed by atoms with Gasteiger partial charge in [-0.1, -0.05) is 79.8 Å². The van der Waals surface area contributed by atoms with Crippen LogP contribution in [0.1, 0.15) is 51.9 Å². The number of carboxylic acid groups (broad SMARTS) is 1. The van der Waals surface area contributed by atoms with E-state index in [0.29, 0.717) is 12.8 Å². The minimum atomic E-state index is -1.07. The first-order chi connectivity index (χ1) is 12.7. The van der Waals surface area contributed by atoms with E-state index in [1.807, 2.05) is 18.2 Å². The Labute approximate surface area is 157 Å². The summed E-state index contributed by atoms with van der Waals surface area (Å²) < 4.78 is 0. The van der Waals surface area contributed by atoms with Crippen LogP contribution in [0.5, 0.6) is 0 Å². The molecule has 0 spiro atoms. The van der Waals surface area contributed by atoms with E-state index in [2.05, 4.69) is 48.3 Å². The van der Waals surface area contributed by atoms with E-state index in [1.54, 1.807) is 18.2 Å². The first-order valence-electron chi connectivity index (χ1n) is 9.14. The van der Waals surface area contributed by atoms with E-state index in [-0.39, 0.29) is 6.42 Å². The van der Waals surface area contributed by atoms with Crippen molar-refractivity contribution in [3.63, 3.8) is 0 Å². The second kappa shape index (κ2) is 19.2. The van der Waals surface area contributed by atoms with Crippen LogP contribution >= 0.6 is 0 Å². The molecule has 144 valence electrons. The highest BCUT2D eigenvalue weighted by Gasteiger charge is 1.99. The van der Waals surface area contributed by atoms with E-state index in [1.165, 1.54) is 0 Å². The third-order valence-corrected chi connectivity index (χ3v) is 3.31. The standard InChI is InChI=1S/C22H32O4/c1-2-3-4-5-6-7-8-9-10-11-12-13-15-18-21(26-25)19-16-14-17-20-22(23)24/h3-4,6-7,9-10,12-16,18,21,25H,2,5,8,11,17,19-20H2,1H3,(H,23,24)/p-1/b4-3-,7-6-,10-9-,13-12-,16-14-,18-15+/t21-/m1/s1. The van der Waals surface area contributed by atoms with Gasteiger partial charge in [0.1, 0.15) is 6.10 Å². The number of carbonyl (C=O) groups is 1. The van der Waals surface area contributed by atoms with Crippen LogP contribution in [-0.2, 0) is 9.68 Å². The Balaban J connectivity index is 3.87. The van der Waals surface area contributed by atoms with Gasteiger partial charge in [0.05, 0.1) is 0 Å². The molecule has 0 unspecified atom stereocenters. The van der Waals surface area contributed by atoms with Crippen molar-refractivity contribution in [1.82, 2.24) is 0 Å². The number of aliphatic carboxylic acids is 1. The third-order valence-electron chi connectivity index (χ3n) is 3.31. The summed E-state index contributed by atoms with van der Waals surface area (Å²) in [7, 11) is 0. The lowest BCUT2D eigenvalue weighted by atomic mass is 10.2. The molecule has 0 aromatic rings. The molecule has 0 aliphatic rings. The van der Waals surface area contributed by atoms with Gasteiger partial charge in [-0.25, -0.2) is 4.89 Å². The number of hydrogen-bond acceptors (Lipinski definition) is 4. The predicted octanol–water partition coefficient (Wildman–Crippen LogP) is 4.68. The molecule has 1 atom stereocenters. The molecule has 0 aliphatic carbocycles. The Morgan fingerprint density at radius 3 is 2.12 bits per heavy atom. The Morgan fingerprint density at radius 1 is 0.923 bits per heavy atom. The van der Waals surface area contributed by atoms with Crippen molar-refractivity contribution in [2.45, 2.75) is 58.0 Å². The van der Waals surface area contributed by atoms with Gasteiger partial charge in [0.15, 0.2) is 0 Å². The lowest BCUT2D eigenvalue weighted by Gasteiger charge is -2.04. The van der Waals surface area contributed by atoms with Gasteiger partial charge in [-0.3, -0.25) is 5.26 Å². The predicted molar refractivity (Wildman–Crippen MR) is 105 cm³/mol. The van der Waals surface area contributed by atoms with Gasteiger partial charge < -0.3 is 9.90 Å². The van der Waals surface area contributed by atoms with E-state index in [0.717, 1.165) is 25.7 Å². The van der Waals surface area contributed by atoms with Crippen molar-refractivity contribution in [2.24, 2.45) is 0 Å². The summed E-state index contributed by atoms with van der Waals surface area (Å²) in [4.78, 5) is 14.6. The van der Waals surface area contributed by atoms with Crippen LogP contribution < -0.4 is 5.11 Å². The summed E-state index contributed by atoms with van der Waals surface area (Å²) in [5, 5.41) is 19.1. The largest absolute Gasteiger partial charge is 0.550 e. The fraction of sp³-hybridized carbons (Fsp3) is 0.409. The monoisotopic (exact) mass is 359 g/mol. The number of carboxylic acids is 1. The van der Waals surface area contributed by atoms with E-state index < -0.39 is 12.1 Å². The van der Waals surface area contributed by atoms with Crippen LogP contribution in [0.25, 0.3) is 0 Å². The first kappa shape index (κ1) is 23.8. The topological polar surface area (TPSA) is 69.6 Å². The Kier molecular flexibility index (Phi) is 17.6. The van der Waals surface area contributed by atoms with Gasteiger partial charge in [0.2, 0.25) is 0 Å². The molecule has 0 aromatic carbocycles. The van der Waals surface area contributed by atoms with E-state index >= 15 is 0 Å². The van der Waals surface area contributed by atoms with Gasteiger partial charge in [-0.05, 0) is 44.9 Å². The van der Waals surface area contributed by atoms with Crippen molar-refractivity contribution in [3.8, 4) is 0 Å². The van der Waals surface area contributed by atoms with Gasteiger partial charge in [0.25, 0.3) is 0 Å². The van der Waals surface area contributed by atoms with Gasteiger partial charge in [-0.2, -0.15) is 0 Å². The molecule has 0 saturated carbocycles. The van der Waals surface area contributed by atoms with Crippen LogP contribution in [0.3, 0.4) is 0 Å². The van der Waals surface area contributed by atoms with Crippen molar-refractivity contribution < 1.29 is 20.0 Å². The summed E-state index contributed by atoms with van der Waals surface area (Å²) >= 11 is 0. The van der Waals surface area contributed by atoms with Crippen molar-refractivity contribution >= 4 is 5.97 Å². The fourth-order valence-electron chi connectivity index (χ4n) is 1.93. The van der Waals surface area contributed by atoms with Gasteiger partial charge >= 0.3 is 0 Å². The maximum absolute atomic E-state index is 10.3. The Morgan fingerprint density at radius 2 is 1.54 bits per heavy atom. The molecule has 0 saturated heterocycles. The summed E-state index contributed by atoms with van der Waals surface area (Å²) in [6.07, 6.45) is 28.2. The quantitative estimate of drug-likeness (QED) is 0.199. The third kappa shape index (κ3) is 18.2. The fourth-order valence-corrected chi connectivity index (χ4v) is 1.93. The van der Waals surface area contributed by atoms with Crippen LogP contribution in [0, 0.1) is 0 Å². The second-order valence-corrected chi connectivity index (χ2v) is 5.60. The zero-order valence-electron chi connectivity index (χ0n) is 15.6. The minimum absolute atomic E-state index is 0.00105. The van der Waals surface area contributed by atoms with E-state index in [9.17, 15) is 9.90 Å². The number of carbonyl (C=O) groups excluding carboxylic acids is 1. The van der Waals surface area contributed by atoms with Crippen molar-refractivity contribution in [2.75, 3.05) is 0 Å². The molecule has 0 heterocycles. The molecule has 4 heteroatoms. The SMILES string of the molecule is CC/C=C\C/C=C\C/C=C\C/C=C\C=C\[C@H](C/C=C\CCC(=O)[O-])OO. The number of hydrogen-bond donors (Lipinski definition) is 1. The van der Waals surface area contributed by atoms with E-state index in [4.69, 9.17) is 5.26 Å². The highest BCUT2D eigenvalue weighted by atomic mass is 17.1. The lowest BCUT2D eigenvalue weighted by molar-refractivity contribution is -0.305. The smallest absolute Gasteiger partial charge is 0.115 e. The summed E-state index contributed by atoms with van der Waals surface area (Å²) in [6.45, 7) is 2.13. The molecular weight excluding hydrogens is 328 g/mol. The normalized spacial score (nSPS) is 14.2. The number of rotatable bonds is 15. The average Bonchev–Trinajstić information content (AvgIpc) is 2.63. The Bertz CT molecular complexity index is 510. The van der Waals surface area contributed by atoms with Gasteiger partial charge in [-0.15, -0.1) is 0 Å². The highest BCUT2D eigenvalue weighted by Crippen LogP contribution is 2.02. The zero-order valence-corrected chi connectivity index (χ0v) is 15.6. The molecule has 0 aliphatic heterocycles. The molecule has 0 rings (SSSR count). The first-order valence-corrected chi connectivity index (χ1v) is 9.14. The molecule has 0 amide bonds. The van der Waals surface area contributed by atoms with Gasteiger partial charge in [0, 0.05) is 5.97 Å². The van der Waals surface area contributed by atoms with Crippen LogP contribution in [0.15, 0.2) is 72.9 Å². The maximum atomic E-state index is 10.3. The van der Waals surface area contributed by atoms with Crippen molar-refractivity contribution in [1.29, 1.82) is 0 Å². The molecule has 0 aromatic heterocycles. The molecule has 1 N–H and O–H groups in total. The highest BCUT2D eigenvalue weighted by molar-refractivity contribution is 5.64. The molecule has 0 radical (unpaired) electrons. The van der Waals surface area contributed by atoms with Crippen LogP contribution in [0.2, 0.25) is 0 Å². The zero-order chi connectivity index (χ0) is 19.3. The molecule has 26 heavy (non-hydrogen) atoms. The average molecular weight is 359 g/mol. The molecule has 0 bridgehead atoms. The molecule has 0 fully saturated rings. The summed E-state index contributed by atoms with van der Waals surface area (Å²) in [6, 6.07) is 0. The maximum Gasteiger partial charge on any atom is 0.115 e.